The van der Waals surface area contributed by atoms with Gasteiger partial charge in [-0.15, -0.1) is 24.0 Å². The van der Waals surface area contributed by atoms with Crippen molar-refractivity contribution in [2.75, 3.05) is 20.2 Å². The van der Waals surface area contributed by atoms with Crippen molar-refractivity contribution in [1.29, 1.82) is 0 Å². The minimum absolute atomic E-state index is 0. The van der Waals surface area contributed by atoms with Gasteiger partial charge < -0.3 is 15.4 Å². The molecule has 1 aliphatic rings. The number of nitrogens with one attached hydrogen (secondary N) is 2. The van der Waals surface area contributed by atoms with Crippen LogP contribution >= 0.6 is 24.0 Å². The molecular weight excluding hydrogens is 506 g/mol. The lowest BCUT2D eigenvalue weighted by Crippen LogP contribution is -2.41. The highest BCUT2D eigenvalue weighted by atomic mass is 127. The Morgan fingerprint density at radius 2 is 1.87 bits per heavy atom. The molecular formula is C22H27F3IN3O. The first kappa shape index (κ1) is 24.5. The predicted octanol–water partition coefficient (Wildman–Crippen LogP) is 5.16. The fraction of sp³-hybridized carbons (Fsp3) is 0.409. The summed E-state index contributed by atoms with van der Waals surface area (Å²) < 4.78 is 44.6. The predicted molar refractivity (Wildman–Crippen MR) is 123 cm³/mol. The van der Waals surface area contributed by atoms with Gasteiger partial charge >= 0.3 is 6.18 Å². The molecule has 1 saturated heterocycles. The van der Waals surface area contributed by atoms with Crippen LogP contribution in [0, 0.1) is 5.92 Å². The molecule has 0 bridgehead atoms. The molecule has 0 radical (unpaired) electrons. The zero-order valence-corrected chi connectivity index (χ0v) is 19.1. The Kier molecular flexibility index (Phi) is 9.41. The molecule has 1 heterocycles. The van der Waals surface area contributed by atoms with Gasteiger partial charge in [-0.2, -0.15) is 13.2 Å². The molecule has 1 fully saturated rings. The van der Waals surface area contributed by atoms with Crippen LogP contribution in [0.5, 0.6) is 0 Å². The molecule has 8 heteroatoms. The van der Waals surface area contributed by atoms with Gasteiger partial charge in [0.2, 0.25) is 0 Å². The molecule has 1 aliphatic heterocycles. The second-order valence-corrected chi connectivity index (χ2v) is 7.11. The van der Waals surface area contributed by atoms with Gasteiger partial charge in [0.25, 0.3) is 0 Å². The van der Waals surface area contributed by atoms with Crippen LogP contribution in [0.2, 0.25) is 0 Å². The highest BCUT2D eigenvalue weighted by Crippen LogP contribution is 2.33. The van der Waals surface area contributed by atoms with Crippen LogP contribution in [0.15, 0.2) is 59.6 Å². The number of halogens is 4. The molecule has 3 rings (SSSR count). The minimum Gasteiger partial charge on any atom is -0.373 e. The summed E-state index contributed by atoms with van der Waals surface area (Å²) >= 11 is 0. The first-order valence-electron chi connectivity index (χ1n) is 9.74. The van der Waals surface area contributed by atoms with Crippen molar-refractivity contribution in [3.63, 3.8) is 0 Å². The molecule has 2 aromatic rings. The topological polar surface area (TPSA) is 45.7 Å². The van der Waals surface area contributed by atoms with Gasteiger partial charge in [0.1, 0.15) is 0 Å². The summed E-state index contributed by atoms with van der Waals surface area (Å²) in [5.74, 6) is 0.845. The van der Waals surface area contributed by atoms with E-state index in [1.54, 1.807) is 13.1 Å². The van der Waals surface area contributed by atoms with E-state index in [1.807, 2.05) is 18.2 Å². The largest absolute Gasteiger partial charge is 0.416 e. The van der Waals surface area contributed by atoms with Crippen molar-refractivity contribution < 1.29 is 17.9 Å². The number of ether oxygens (including phenoxy) is 1. The van der Waals surface area contributed by atoms with E-state index in [0.717, 1.165) is 37.1 Å². The van der Waals surface area contributed by atoms with Gasteiger partial charge in [-0.1, -0.05) is 42.5 Å². The molecule has 2 N–H and O–H groups in total. The number of hydrogen-bond acceptors (Lipinski definition) is 2. The smallest absolute Gasteiger partial charge is 0.373 e. The van der Waals surface area contributed by atoms with E-state index >= 15 is 0 Å². The summed E-state index contributed by atoms with van der Waals surface area (Å²) in [5.41, 5.74) is 1.06. The van der Waals surface area contributed by atoms with Gasteiger partial charge in [0.05, 0.1) is 11.7 Å². The normalized spacial score (nSPS) is 19.7. The van der Waals surface area contributed by atoms with Crippen molar-refractivity contribution in [3.05, 3.63) is 71.3 Å². The zero-order valence-electron chi connectivity index (χ0n) is 16.8. The Labute approximate surface area is 192 Å². The van der Waals surface area contributed by atoms with Crippen molar-refractivity contribution in [3.8, 4) is 0 Å². The van der Waals surface area contributed by atoms with Gasteiger partial charge in [-0.05, 0) is 36.1 Å². The number of nitrogens with zero attached hydrogens (tertiary/aromatic N) is 1. The lowest BCUT2D eigenvalue weighted by atomic mass is 9.89. The van der Waals surface area contributed by atoms with Gasteiger partial charge in [-0.25, -0.2) is 0 Å². The standard InChI is InChI=1S/C22H26F3N3O.HI/c1-26-21(27-14-16-7-5-11-19(13-16)22(23,24)25)28-15-18-10-6-12-29-20(18)17-8-3-2-4-9-17;/h2-5,7-9,11,13,18,20H,6,10,12,14-15H2,1H3,(H2,26,27,28);1H. The molecule has 0 amide bonds. The summed E-state index contributed by atoms with van der Waals surface area (Å²) in [4.78, 5) is 4.19. The van der Waals surface area contributed by atoms with E-state index in [2.05, 4.69) is 27.8 Å². The third-order valence-corrected chi connectivity index (χ3v) is 5.04. The minimum atomic E-state index is -4.34. The Morgan fingerprint density at radius 3 is 2.57 bits per heavy atom. The summed E-state index contributed by atoms with van der Waals surface area (Å²) in [6.45, 7) is 1.67. The molecule has 2 unspecified atom stereocenters. The average molecular weight is 533 g/mol. The highest BCUT2D eigenvalue weighted by molar-refractivity contribution is 14.0. The number of alkyl halides is 3. The van der Waals surface area contributed by atoms with Gasteiger partial charge in [-0.3, -0.25) is 4.99 Å². The van der Waals surface area contributed by atoms with Crippen LogP contribution in [-0.4, -0.2) is 26.2 Å². The highest BCUT2D eigenvalue weighted by Gasteiger charge is 2.30. The van der Waals surface area contributed by atoms with Crippen LogP contribution < -0.4 is 10.6 Å². The fourth-order valence-electron chi connectivity index (χ4n) is 3.56. The van der Waals surface area contributed by atoms with Crippen LogP contribution in [-0.2, 0) is 17.5 Å². The third-order valence-electron chi connectivity index (χ3n) is 5.04. The molecule has 2 atom stereocenters. The number of benzene rings is 2. The number of hydrogen-bond donors (Lipinski definition) is 2. The number of rotatable bonds is 5. The number of guanidine groups is 1. The third kappa shape index (κ3) is 6.87. The SMILES string of the molecule is CN=C(NCc1cccc(C(F)(F)F)c1)NCC1CCCOC1c1ccccc1.I. The maximum absolute atomic E-state index is 12.9. The Balaban J connectivity index is 0.00000320. The van der Waals surface area contributed by atoms with Crippen LogP contribution in [0.25, 0.3) is 0 Å². The Bertz CT molecular complexity index is 815. The Hall–Kier alpha value is -1.81. The van der Waals surface area contributed by atoms with Crippen LogP contribution in [0.1, 0.15) is 35.6 Å². The maximum atomic E-state index is 12.9. The molecule has 0 spiro atoms. The first-order chi connectivity index (χ1) is 14.0. The molecule has 4 nitrogen and oxygen atoms in total. The second-order valence-electron chi connectivity index (χ2n) is 7.11. The van der Waals surface area contributed by atoms with Gasteiger partial charge in [0, 0.05) is 32.7 Å². The van der Waals surface area contributed by atoms with E-state index in [4.69, 9.17) is 4.74 Å². The fourth-order valence-corrected chi connectivity index (χ4v) is 3.56. The van der Waals surface area contributed by atoms with E-state index in [-0.39, 0.29) is 36.6 Å². The van der Waals surface area contributed by atoms with Crippen LogP contribution in [0.4, 0.5) is 13.2 Å². The quantitative estimate of drug-likeness (QED) is 0.318. The van der Waals surface area contributed by atoms with E-state index in [0.29, 0.717) is 24.0 Å². The molecule has 2 aromatic carbocycles. The average Bonchev–Trinajstić information content (AvgIpc) is 2.74. The van der Waals surface area contributed by atoms with Crippen molar-refractivity contribution in [1.82, 2.24) is 10.6 Å². The molecule has 164 valence electrons. The van der Waals surface area contributed by atoms with E-state index in [1.165, 1.54) is 6.07 Å². The van der Waals surface area contributed by atoms with Crippen LogP contribution in [0.3, 0.4) is 0 Å². The Morgan fingerprint density at radius 1 is 1.10 bits per heavy atom. The summed E-state index contributed by atoms with van der Waals surface area (Å²) in [6, 6.07) is 15.5. The molecule has 0 aliphatic carbocycles. The van der Waals surface area contributed by atoms with E-state index < -0.39 is 11.7 Å². The number of aliphatic imine (C=N–C) groups is 1. The second kappa shape index (κ2) is 11.5. The van der Waals surface area contributed by atoms with E-state index in [9.17, 15) is 13.2 Å². The van der Waals surface area contributed by atoms with Crippen molar-refractivity contribution in [2.24, 2.45) is 10.9 Å². The van der Waals surface area contributed by atoms with Crippen molar-refractivity contribution in [2.45, 2.75) is 31.7 Å². The summed E-state index contributed by atoms with van der Waals surface area (Å²) in [7, 11) is 1.65. The monoisotopic (exact) mass is 533 g/mol. The van der Waals surface area contributed by atoms with Crippen molar-refractivity contribution >= 4 is 29.9 Å². The summed E-state index contributed by atoms with van der Waals surface area (Å²) in [5, 5.41) is 6.38. The zero-order chi connectivity index (χ0) is 20.7. The molecule has 30 heavy (non-hydrogen) atoms. The lowest BCUT2D eigenvalue weighted by molar-refractivity contribution is -0.137. The van der Waals surface area contributed by atoms with Gasteiger partial charge in [0.15, 0.2) is 5.96 Å². The lowest BCUT2D eigenvalue weighted by Gasteiger charge is -2.32. The first-order valence-corrected chi connectivity index (χ1v) is 9.74. The summed E-state index contributed by atoms with van der Waals surface area (Å²) in [6.07, 6.45) is -2.27. The maximum Gasteiger partial charge on any atom is 0.416 e. The molecule has 0 aromatic heterocycles. The molecule has 0 saturated carbocycles.